The first kappa shape index (κ1) is 24.2. The fraction of sp³-hybridized carbons (Fsp3) is 0.259. The first-order valence-electron chi connectivity index (χ1n) is 11.8. The lowest BCUT2D eigenvalue weighted by molar-refractivity contribution is -0.129. The minimum Gasteiger partial charge on any atom is -0.454 e. The van der Waals surface area contributed by atoms with Gasteiger partial charge >= 0.3 is 0 Å². The lowest BCUT2D eigenvalue weighted by Gasteiger charge is -2.37. The molecule has 0 saturated carbocycles. The van der Waals surface area contributed by atoms with Gasteiger partial charge in [0.05, 0.1) is 11.4 Å². The average molecular weight is 503 g/mol. The zero-order chi connectivity index (χ0) is 26.1. The summed E-state index contributed by atoms with van der Waals surface area (Å²) in [6, 6.07) is 9.94. The van der Waals surface area contributed by atoms with E-state index in [9.17, 15) is 13.6 Å². The fourth-order valence-corrected chi connectivity index (χ4v) is 4.57. The average Bonchev–Trinajstić information content (AvgIpc) is 3.28. The standard InChI is InChI=1S/C27H24F2N6O2/c1-3-4-23(36)34-14-19(9-5-16(34)2)35-27-24(26(30)31-15-32-27)25(33-35)17-6-10-20(11-7-17)37-22-12-8-18(28)13-21(22)29/h6-8,10-13,15-16,19H,5,9,14H2,1-2H3,(H2,30,31,32). The molecule has 3 heterocycles. The topological polar surface area (TPSA) is 99.2 Å². The summed E-state index contributed by atoms with van der Waals surface area (Å²) < 4.78 is 34.6. The molecule has 188 valence electrons. The van der Waals surface area contributed by atoms with Crippen LogP contribution >= 0.6 is 0 Å². The summed E-state index contributed by atoms with van der Waals surface area (Å²) in [6.07, 6.45) is 3.00. The monoisotopic (exact) mass is 502 g/mol. The normalized spacial score (nSPS) is 17.4. The van der Waals surface area contributed by atoms with Gasteiger partial charge in [-0.05, 0) is 69.0 Å². The van der Waals surface area contributed by atoms with Crippen LogP contribution in [0, 0.1) is 23.5 Å². The molecular formula is C27H24F2N6O2. The summed E-state index contributed by atoms with van der Waals surface area (Å²) in [7, 11) is 0. The van der Waals surface area contributed by atoms with E-state index in [2.05, 4.69) is 21.8 Å². The van der Waals surface area contributed by atoms with Gasteiger partial charge in [0.1, 0.15) is 29.4 Å². The van der Waals surface area contributed by atoms with Crippen molar-refractivity contribution in [3.63, 3.8) is 0 Å². The van der Waals surface area contributed by atoms with Gasteiger partial charge < -0.3 is 15.4 Å². The number of benzene rings is 2. The Hall–Kier alpha value is -4.52. The SMILES string of the molecule is CC#CC(=O)N1CC(n2nc(-c3ccc(Oc4ccc(F)cc4F)cc3)c3c(N)ncnc32)CCC1C. The van der Waals surface area contributed by atoms with E-state index in [-0.39, 0.29) is 29.6 Å². The van der Waals surface area contributed by atoms with E-state index < -0.39 is 11.6 Å². The number of hydrogen-bond donors (Lipinski definition) is 1. The molecule has 37 heavy (non-hydrogen) atoms. The first-order chi connectivity index (χ1) is 17.9. The van der Waals surface area contributed by atoms with E-state index in [1.165, 1.54) is 12.4 Å². The fourth-order valence-electron chi connectivity index (χ4n) is 4.57. The van der Waals surface area contributed by atoms with Crippen molar-refractivity contribution < 1.29 is 18.3 Å². The molecule has 4 aromatic rings. The number of carbonyl (C=O) groups excluding carboxylic acids is 1. The van der Waals surface area contributed by atoms with Crippen LogP contribution in [0.2, 0.25) is 0 Å². The van der Waals surface area contributed by atoms with Gasteiger partial charge in [0.15, 0.2) is 17.2 Å². The zero-order valence-electron chi connectivity index (χ0n) is 20.3. The van der Waals surface area contributed by atoms with Crippen molar-refractivity contribution in [1.29, 1.82) is 0 Å². The molecule has 0 radical (unpaired) electrons. The summed E-state index contributed by atoms with van der Waals surface area (Å²) in [5.41, 5.74) is 8.13. The molecule has 0 spiro atoms. The van der Waals surface area contributed by atoms with Gasteiger partial charge in [-0.1, -0.05) is 5.92 Å². The number of amides is 1. The number of aromatic nitrogens is 4. The van der Waals surface area contributed by atoms with Gasteiger partial charge in [-0.15, -0.1) is 0 Å². The Morgan fingerprint density at radius 3 is 2.65 bits per heavy atom. The molecule has 1 amide bonds. The third-order valence-corrected chi connectivity index (χ3v) is 6.46. The molecule has 0 aliphatic carbocycles. The number of nitrogens with two attached hydrogens (primary N) is 1. The minimum absolute atomic E-state index is 0.0732. The third-order valence-electron chi connectivity index (χ3n) is 6.46. The van der Waals surface area contributed by atoms with Crippen LogP contribution in [-0.4, -0.2) is 43.1 Å². The van der Waals surface area contributed by atoms with Gasteiger partial charge in [0.25, 0.3) is 5.91 Å². The molecule has 2 atom stereocenters. The van der Waals surface area contributed by atoms with E-state index in [1.54, 1.807) is 36.1 Å². The van der Waals surface area contributed by atoms with Gasteiger partial charge in [0.2, 0.25) is 0 Å². The van der Waals surface area contributed by atoms with Crippen LogP contribution in [0.5, 0.6) is 11.5 Å². The van der Waals surface area contributed by atoms with E-state index in [1.807, 2.05) is 11.6 Å². The quantitative estimate of drug-likeness (QED) is 0.406. The van der Waals surface area contributed by atoms with Gasteiger partial charge in [-0.2, -0.15) is 5.10 Å². The third kappa shape index (κ3) is 4.68. The molecular weight excluding hydrogens is 478 g/mol. The maximum Gasteiger partial charge on any atom is 0.298 e. The number of anilines is 1. The Bertz CT molecular complexity index is 1540. The summed E-state index contributed by atoms with van der Waals surface area (Å²) >= 11 is 0. The van der Waals surface area contributed by atoms with Crippen molar-refractivity contribution in [2.24, 2.45) is 0 Å². The number of carbonyl (C=O) groups is 1. The van der Waals surface area contributed by atoms with E-state index in [4.69, 9.17) is 15.6 Å². The molecule has 1 saturated heterocycles. The molecule has 8 nitrogen and oxygen atoms in total. The first-order valence-corrected chi connectivity index (χ1v) is 11.8. The van der Waals surface area contributed by atoms with Gasteiger partial charge in [-0.25, -0.2) is 23.4 Å². The maximum absolute atomic E-state index is 14.0. The molecule has 2 aromatic carbocycles. The number of fused-ring (bicyclic) bond motifs is 1. The van der Waals surface area contributed by atoms with Crippen LogP contribution in [0.1, 0.15) is 32.7 Å². The molecule has 1 fully saturated rings. The van der Waals surface area contributed by atoms with Crippen LogP contribution in [0.15, 0.2) is 48.8 Å². The van der Waals surface area contributed by atoms with E-state index in [0.29, 0.717) is 29.0 Å². The van der Waals surface area contributed by atoms with Crippen LogP contribution in [-0.2, 0) is 4.79 Å². The Morgan fingerprint density at radius 2 is 1.92 bits per heavy atom. The number of hydrogen-bond acceptors (Lipinski definition) is 6. The van der Waals surface area contributed by atoms with E-state index in [0.717, 1.165) is 30.5 Å². The van der Waals surface area contributed by atoms with Crippen LogP contribution in [0.3, 0.4) is 0 Å². The highest BCUT2D eigenvalue weighted by atomic mass is 19.1. The van der Waals surface area contributed by atoms with Gasteiger partial charge in [0, 0.05) is 24.2 Å². The zero-order valence-corrected chi connectivity index (χ0v) is 20.3. The number of likely N-dealkylation sites (tertiary alicyclic amines) is 1. The molecule has 10 heteroatoms. The largest absolute Gasteiger partial charge is 0.454 e. The van der Waals surface area contributed by atoms with E-state index >= 15 is 0 Å². The molecule has 1 aliphatic rings. The number of nitrogen functional groups attached to an aromatic ring is 1. The maximum atomic E-state index is 14.0. The Morgan fingerprint density at radius 1 is 1.14 bits per heavy atom. The van der Waals surface area contributed by atoms with Crippen molar-refractivity contribution in [2.75, 3.05) is 12.3 Å². The number of rotatable bonds is 4. The number of ether oxygens (including phenoxy) is 1. The van der Waals surface area contributed by atoms with Crippen molar-refractivity contribution in [3.05, 3.63) is 60.4 Å². The highest BCUT2D eigenvalue weighted by molar-refractivity contribution is 5.98. The predicted molar refractivity (Wildman–Crippen MR) is 134 cm³/mol. The lowest BCUT2D eigenvalue weighted by atomic mass is 9.99. The Kier molecular flexibility index (Phi) is 6.44. The van der Waals surface area contributed by atoms with Crippen molar-refractivity contribution >= 4 is 22.8 Å². The number of piperidine rings is 1. The van der Waals surface area contributed by atoms with Crippen molar-refractivity contribution in [3.8, 4) is 34.6 Å². The molecule has 0 bridgehead atoms. The minimum atomic E-state index is -0.794. The van der Waals surface area contributed by atoms with Crippen molar-refractivity contribution in [2.45, 2.75) is 38.8 Å². The number of nitrogens with zero attached hydrogens (tertiary/aromatic N) is 5. The molecule has 1 aliphatic heterocycles. The van der Waals surface area contributed by atoms with Crippen LogP contribution < -0.4 is 10.5 Å². The van der Waals surface area contributed by atoms with Crippen LogP contribution in [0.4, 0.5) is 14.6 Å². The van der Waals surface area contributed by atoms with Crippen molar-refractivity contribution in [1.82, 2.24) is 24.6 Å². The summed E-state index contributed by atoms with van der Waals surface area (Å²) in [6.45, 7) is 4.11. The summed E-state index contributed by atoms with van der Waals surface area (Å²) in [5.74, 6) is 4.20. The summed E-state index contributed by atoms with van der Waals surface area (Å²) in [4.78, 5) is 22.9. The second-order valence-corrected chi connectivity index (χ2v) is 8.86. The second-order valence-electron chi connectivity index (χ2n) is 8.86. The Balaban J connectivity index is 1.49. The van der Waals surface area contributed by atoms with Gasteiger partial charge in [-0.3, -0.25) is 4.79 Å². The summed E-state index contributed by atoms with van der Waals surface area (Å²) in [5, 5.41) is 5.47. The highest BCUT2D eigenvalue weighted by Crippen LogP contribution is 2.35. The second kappa shape index (κ2) is 9.85. The molecule has 2 N–H and O–H groups in total. The lowest BCUT2D eigenvalue weighted by Crippen LogP contribution is -2.45. The Labute approximate surface area is 212 Å². The highest BCUT2D eigenvalue weighted by Gasteiger charge is 2.32. The van der Waals surface area contributed by atoms with Crippen LogP contribution in [0.25, 0.3) is 22.3 Å². The predicted octanol–water partition coefficient (Wildman–Crippen LogP) is 4.72. The smallest absolute Gasteiger partial charge is 0.298 e. The molecule has 2 unspecified atom stereocenters. The molecule has 2 aromatic heterocycles. The molecule has 5 rings (SSSR count). The number of halogens is 2.